The van der Waals surface area contributed by atoms with Crippen LogP contribution >= 0.6 is 0 Å². The van der Waals surface area contributed by atoms with Gasteiger partial charge in [0.05, 0.1) is 0 Å². The minimum atomic E-state index is -0.325. The summed E-state index contributed by atoms with van der Waals surface area (Å²) in [6, 6.07) is 8.69. The zero-order chi connectivity index (χ0) is 15.5. The molecule has 22 heavy (non-hydrogen) atoms. The molecule has 3 rings (SSSR count). The quantitative estimate of drug-likeness (QED) is 0.865. The van der Waals surface area contributed by atoms with Gasteiger partial charge in [-0.25, -0.2) is 9.37 Å². The third-order valence-corrected chi connectivity index (χ3v) is 4.26. The summed E-state index contributed by atoms with van der Waals surface area (Å²) in [5.41, 5.74) is 9.29. The van der Waals surface area contributed by atoms with Gasteiger partial charge in [0.15, 0.2) is 0 Å². The lowest BCUT2D eigenvalue weighted by Crippen LogP contribution is -2.10. The van der Waals surface area contributed by atoms with Crippen LogP contribution in [0.3, 0.4) is 0 Å². The van der Waals surface area contributed by atoms with E-state index in [4.69, 9.17) is 5.73 Å². The number of pyridine rings is 1. The van der Waals surface area contributed by atoms with Crippen molar-refractivity contribution in [1.29, 1.82) is 5.26 Å². The van der Waals surface area contributed by atoms with Crippen molar-refractivity contribution in [2.45, 2.75) is 38.5 Å². The van der Waals surface area contributed by atoms with Crippen molar-refractivity contribution in [3.05, 3.63) is 46.9 Å². The van der Waals surface area contributed by atoms with Crippen LogP contribution < -0.4 is 5.73 Å². The molecule has 1 aromatic carbocycles. The molecule has 0 fully saturated rings. The molecule has 1 heterocycles. The Morgan fingerprint density at radius 3 is 2.55 bits per heavy atom. The summed E-state index contributed by atoms with van der Waals surface area (Å²) >= 11 is 0. The zero-order valence-electron chi connectivity index (χ0n) is 12.4. The first-order chi connectivity index (χ1) is 10.7. The fraction of sp³-hybridized carbons (Fsp3) is 0.333. The fourth-order valence-electron chi connectivity index (χ4n) is 3.19. The predicted molar refractivity (Wildman–Crippen MR) is 84.6 cm³/mol. The molecule has 0 atom stereocenters. The summed E-state index contributed by atoms with van der Waals surface area (Å²) in [7, 11) is 0. The van der Waals surface area contributed by atoms with Crippen LogP contribution in [0.5, 0.6) is 0 Å². The van der Waals surface area contributed by atoms with Crippen molar-refractivity contribution >= 4 is 5.82 Å². The van der Waals surface area contributed by atoms with Gasteiger partial charge < -0.3 is 5.73 Å². The molecule has 4 heteroatoms. The highest BCUT2D eigenvalue weighted by atomic mass is 19.1. The maximum absolute atomic E-state index is 14.3. The van der Waals surface area contributed by atoms with Crippen LogP contribution in [0.25, 0.3) is 11.1 Å². The number of benzene rings is 1. The molecule has 0 unspecified atom stereocenters. The van der Waals surface area contributed by atoms with Crippen molar-refractivity contribution in [1.82, 2.24) is 4.98 Å². The van der Waals surface area contributed by atoms with Gasteiger partial charge in [0.2, 0.25) is 0 Å². The Morgan fingerprint density at radius 1 is 1.09 bits per heavy atom. The first-order valence-corrected chi connectivity index (χ1v) is 7.68. The summed E-state index contributed by atoms with van der Waals surface area (Å²) < 4.78 is 14.3. The average Bonchev–Trinajstić information content (AvgIpc) is 2.49. The Labute approximate surface area is 129 Å². The number of rotatable bonds is 1. The number of halogens is 1. The number of hydrogen-bond donors (Lipinski definition) is 1. The molecule has 2 aromatic rings. The van der Waals surface area contributed by atoms with Crippen LogP contribution in [0.1, 0.15) is 42.5 Å². The lowest BCUT2D eigenvalue weighted by molar-refractivity contribution is 0.608. The van der Waals surface area contributed by atoms with Crippen molar-refractivity contribution < 1.29 is 4.39 Å². The molecule has 3 nitrogen and oxygen atoms in total. The van der Waals surface area contributed by atoms with E-state index < -0.39 is 0 Å². The highest BCUT2D eigenvalue weighted by Gasteiger charge is 2.22. The fourth-order valence-corrected chi connectivity index (χ4v) is 3.19. The number of nitrogens with zero attached hydrogens (tertiary/aromatic N) is 2. The number of hydrogen-bond acceptors (Lipinski definition) is 3. The Morgan fingerprint density at radius 2 is 1.82 bits per heavy atom. The molecule has 0 spiro atoms. The summed E-state index contributed by atoms with van der Waals surface area (Å²) in [5, 5.41) is 9.49. The SMILES string of the molecule is N#Cc1c(N)nc2c(c1-c1ccccc1F)CCCCCC2. The van der Waals surface area contributed by atoms with E-state index in [9.17, 15) is 9.65 Å². The van der Waals surface area contributed by atoms with Gasteiger partial charge in [-0.15, -0.1) is 0 Å². The number of nitrogen functional groups attached to an aromatic ring is 1. The average molecular weight is 295 g/mol. The van der Waals surface area contributed by atoms with Crippen LogP contribution in [-0.4, -0.2) is 4.98 Å². The van der Waals surface area contributed by atoms with Crippen molar-refractivity contribution in [3.63, 3.8) is 0 Å². The molecule has 0 amide bonds. The van der Waals surface area contributed by atoms with Crippen molar-refractivity contribution in [2.24, 2.45) is 0 Å². The summed E-state index contributed by atoms with van der Waals surface area (Å²) in [4.78, 5) is 4.43. The van der Waals surface area contributed by atoms with E-state index in [-0.39, 0.29) is 11.6 Å². The third-order valence-electron chi connectivity index (χ3n) is 4.26. The van der Waals surface area contributed by atoms with Crippen LogP contribution in [0.4, 0.5) is 10.2 Å². The van der Waals surface area contributed by atoms with Gasteiger partial charge in [-0.2, -0.15) is 5.26 Å². The van der Waals surface area contributed by atoms with Crippen LogP contribution in [0.15, 0.2) is 24.3 Å². The van der Waals surface area contributed by atoms with Gasteiger partial charge in [0.1, 0.15) is 23.3 Å². The predicted octanol–water partition coefficient (Wildman–Crippen LogP) is 4.00. The van der Waals surface area contributed by atoms with Gasteiger partial charge >= 0.3 is 0 Å². The number of nitriles is 1. The van der Waals surface area contributed by atoms with Crippen LogP contribution in [-0.2, 0) is 12.8 Å². The van der Waals surface area contributed by atoms with E-state index in [2.05, 4.69) is 11.1 Å². The van der Waals surface area contributed by atoms with Crippen LogP contribution in [0, 0.1) is 17.1 Å². The number of anilines is 1. The van der Waals surface area contributed by atoms with Crippen LogP contribution in [0.2, 0.25) is 0 Å². The maximum Gasteiger partial charge on any atom is 0.142 e. The molecule has 1 aromatic heterocycles. The number of aryl methyl sites for hydroxylation is 1. The number of fused-ring (bicyclic) bond motifs is 1. The van der Waals surface area contributed by atoms with E-state index in [0.29, 0.717) is 16.7 Å². The number of nitrogens with two attached hydrogens (primary N) is 1. The second-order valence-corrected chi connectivity index (χ2v) is 5.68. The molecule has 2 N–H and O–H groups in total. The highest BCUT2D eigenvalue weighted by molar-refractivity contribution is 5.79. The van der Waals surface area contributed by atoms with Crippen molar-refractivity contribution in [3.8, 4) is 17.2 Å². The largest absolute Gasteiger partial charge is 0.383 e. The van der Waals surface area contributed by atoms with Gasteiger partial charge in [-0.3, -0.25) is 0 Å². The molecule has 0 saturated heterocycles. The summed E-state index contributed by atoms with van der Waals surface area (Å²) in [6.45, 7) is 0. The minimum Gasteiger partial charge on any atom is -0.383 e. The molecular weight excluding hydrogens is 277 g/mol. The Balaban J connectivity index is 2.31. The van der Waals surface area contributed by atoms with Gasteiger partial charge in [-0.05, 0) is 37.3 Å². The van der Waals surface area contributed by atoms with E-state index in [1.807, 2.05) is 0 Å². The highest BCUT2D eigenvalue weighted by Crippen LogP contribution is 2.36. The van der Waals surface area contributed by atoms with Gasteiger partial charge in [-0.1, -0.05) is 31.0 Å². The monoisotopic (exact) mass is 295 g/mol. The Bertz CT molecular complexity index is 747. The van der Waals surface area contributed by atoms with E-state index in [1.165, 1.54) is 12.5 Å². The smallest absolute Gasteiger partial charge is 0.142 e. The Kier molecular flexibility index (Phi) is 4.06. The first-order valence-electron chi connectivity index (χ1n) is 7.68. The second-order valence-electron chi connectivity index (χ2n) is 5.68. The molecule has 1 aliphatic carbocycles. The van der Waals surface area contributed by atoms with E-state index >= 15 is 0 Å². The zero-order valence-corrected chi connectivity index (χ0v) is 12.4. The Hall–Kier alpha value is -2.41. The molecular formula is C18H18FN3. The normalized spacial score (nSPS) is 14.5. The summed E-state index contributed by atoms with van der Waals surface area (Å²) in [6.07, 6.45) is 6.08. The molecule has 1 aliphatic rings. The molecule has 0 bridgehead atoms. The maximum atomic E-state index is 14.3. The molecule has 0 aliphatic heterocycles. The van der Waals surface area contributed by atoms with Gasteiger partial charge in [0.25, 0.3) is 0 Å². The first kappa shape index (κ1) is 14.5. The van der Waals surface area contributed by atoms with E-state index in [0.717, 1.165) is 43.4 Å². The van der Waals surface area contributed by atoms with Gasteiger partial charge in [0, 0.05) is 16.8 Å². The van der Waals surface area contributed by atoms with E-state index in [1.54, 1.807) is 18.2 Å². The topological polar surface area (TPSA) is 62.7 Å². The molecule has 0 saturated carbocycles. The standard InChI is InChI=1S/C18H18FN3/c19-15-9-6-5-7-12(15)17-13-8-3-1-2-4-10-16(13)22-18(21)14(17)11-20/h5-7,9H,1-4,8,10H2,(H2,21,22). The number of aromatic nitrogens is 1. The molecule has 0 radical (unpaired) electrons. The minimum absolute atomic E-state index is 0.208. The summed E-state index contributed by atoms with van der Waals surface area (Å²) in [5.74, 6) is -0.117. The second kappa shape index (κ2) is 6.15. The third kappa shape index (κ3) is 2.55. The lowest BCUT2D eigenvalue weighted by atomic mass is 9.88. The van der Waals surface area contributed by atoms with Crippen molar-refractivity contribution in [2.75, 3.05) is 5.73 Å². The molecule has 112 valence electrons. The lowest BCUT2D eigenvalue weighted by Gasteiger charge is -2.19.